The summed E-state index contributed by atoms with van der Waals surface area (Å²) < 4.78 is 2.07. The van der Waals surface area contributed by atoms with Gasteiger partial charge in [-0.05, 0) is 47.7 Å². The number of fused-ring (bicyclic) bond motifs is 2. The van der Waals surface area contributed by atoms with Crippen LogP contribution in [0.4, 0.5) is 0 Å². The lowest BCUT2D eigenvalue weighted by Crippen LogP contribution is -2.25. The Morgan fingerprint density at radius 1 is 1.22 bits per heavy atom. The normalized spacial score (nSPS) is 15.8. The topological polar surface area (TPSA) is 74.3 Å². The molecule has 6 heteroatoms. The molecular weight excluding hydrogens is 338 g/mol. The molecule has 0 radical (unpaired) electrons. The van der Waals surface area contributed by atoms with Crippen molar-refractivity contribution in [2.24, 2.45) is 0 Å². The monoisotopic (exact) mass is 355 g/mol. The molecule has 0 unspecified atom stereocenters. The van der Waals surface area contributed by atoms with Gasteiger partial charge in [0.05, 0.1) is 12.6 Å². The van der Waals surface area contributed by atoms with Crippen LogP contribution >= 0.6 is 0 Å². The van der Waals surface area contributed by atoms with E-state index in [1.807, 2.05) is 36.4 Å². The third-order valence-electron chi connectivity index (χ3n) is 5.26. The largest absolute Gasteiger partial charge is 0.329 e. The molecule has 1 aliphatic heterocycles. The van der Waals surface area contributed by atoms with Gasteiger partial charge in [0.2, 0.25) is 0 Å². The molecule has 0 spiro atoms. The zero-order valence-corrected chi connectivity index (χ0v) is 14.7. The van der Waals surface area contributed by atoms with Gasteiger partial charge in [0.1, 0.15) is 5.82 Å². The van der Waals surface area contributed by atoms with Crippen molar-refractivity contribution in [3.05, 3.63) is 65.6 Å². The van der Waals surface area contributed by atoms with E-state index in [1.165, 1.54) is 0 Å². The van der Waals surface area contributed by atoms with Crippen LogP contribution < -0.4 is 0 Å². The standard InChI is InChI=1S/C21H17N5O/c1-13(9-22)10-25-12-18-16(3-2-4-17(18)21(25)27)15-7-8-19-23-24-20(14-5-6-14)26(19)11-15/h2-4,7-8,11,14H,1,5-6,10,12H2. The third-order valence-corrected chi connectivity index (χ3v) is 5.26. The molecule has 0 atom stereocenters. The van der Waals surface area contributed by atoms with Gasteiger partial charge in [-0.3, -0.25) is 9.20 Å². The lowest BCUT2D eigenvalue weighted by Gasteiger charge is -2.14. The highest BCUT2D eigenvalue weighted by atomic mass is 16.2. The molecule has 5 rings (SSSR count). The number of hydrogen-bond acceptors (Lipinski definition) is 4. The maximum Gasteiger partial charge on any atom is 0.254 e. The smallest absolute Gasteiger partial charge is 0.254 e. The minimum atomic E-state index is -0.0488. The van der Waals surface area contributed by atoms with Gasteiger partial charge in [0.15, 0.2) is 5.65 Å². The molecule has 0 N–H and O–H groups in total. The molecule has 1 saturated carbocycles. The summed E-state index contributed by atoms with van der Waals surface area (Å²) in [5.74, 6) is 1.47. The van der Waals surface area contributed by atoms with Crippen LogP contribution in [0.1, 0.15) is 40.5 Å². The highest BCUT2D eigenvalue weighted by Gasteiger charge is 2.31. The first-order valence-corrected chi connectivity index (χ1v) is 9.00. The molecule has 3 heterocycles. The maximum atomic E-state index is 12.7. The molecule has 27 heavy (non-hydrogen) atoms. The van der Waals surface area contributed by atoms with Crippen LogP contribution in [-0.4, -0.2) is 31.9 Å². The number of nitrogens with zero attached hydrogens (tertiary/aromatic N) is 5. The Labute approximate surface area is 156 Å². The van der Waals surface area contributed by atoms with Crippen LogP contribution in [0.5, 0.6) is 0 Å². The number of hydrogen-bond donors (Lipinski definition) is 0. The van der Waals surface area contributed by atoms with E-state index >= 15 is 0 Å². The van der Waals surface area contributed by atoms with Gasteiger partial charge in [0, 0.05) is 29.8 Å². The second-order valence-corrected chi connectivity index (χ2v) is 7.19. The number of pyridine rings is 1. The Kier molecular flexibility index (Phi) is 3.37. The van der Waals surface area contributed by atoms with Crippen molar-refractivity contribution in [1.29, 1.82) is 5.26 Å². The summed E-state index contributed by atoms with van der Waals surface area (Å²) in [4.78, 5) is 14.4. The Morgan fingerprint density at radius 3 is 2.81 bits per heavy atom. The van der Waals surface area contributed by atoms with Crippen molar-refractivity contribution in [2.45, 2.75) is 25.3 Å². The van der Waals surface area contributed by atoms with Gasteiger partial charge in [-0.25, -0.2) is 0 Å². The van der Waals surface area contributed by atoms with E-state index < -0.39 is 0 Å². The van der Waals surface area contributed by atoms with Crippen LogP contribution in [0.2, 0.25) is 0 Å². The van der Waals surface area contributed by atoms with Gasteiger partial charge in [-0.1, -0.05) is 18.7 Å². The second kappa shape index (κ2) is 5.78. The lowest BCUT2D eigenvalue weighted by molar-refractivity contribution is 0.0794. The SMILES string of the molecule is C=C(C#N)CN1Cc2c(cccc2-c2ccc3nnc(C4CC4)n3c2)C1=O. The van der Waals surface area contributed by atoms with Crippen molar-refractivity contribution in [2.75, 3.05) is 6.54 Å². The van der Waals surface area contributed by atoms with Gasteiger partial charge >= 0.3 is 0 Å². The highest BCUT2D eigenvalue weighted by molar-refractivity contribution is 6.00. The zero-order chi connectivity index (χ0) is 18.5. The summed E-state index contributed by atoms with van der Waals surface area (Å²) in [6.07, 6.45) is 4.40. The fourth-order valence-electron chi connectivity index (χ4n) is 3.74. The molecule has 6 nitrogen and oxygen atoms in total. The number of rotatable bonds is 4. The van der Waals surface area contributed by atoms with Crippen LogP contribution in [-0.2, 0) is 6.54 Å². The Hall–Kier alpha value is -3.46. The molecule has 3 aromatic rings. The number of carbonyl (C=O) groups excluding carboxylic acids is 1. The molecule has 132 valence electrons. The summed E-state index contributed by atoms with van der Waals surface area (Å²) >= 11 is 0. The van der Waals surface area contributed by atoms with Gasteiger partial charge in [-0.15, -0.1) is 10.2 Å². The molecule has 2 aliphatic rings. The molecule has 1 aliphatic carbocycles. The third kappa shape index (κ3) is 2.51. The van der Waals surface area contributed by atoms with E-state index in [4.69, 9.17) is 5.26 Å². The Morgan fingerprint density at radius 2 is 2.04 bits per heavy atom. The van der Waals surface area contributed by atoms with Crippen LogP contribution in [0.15, 0.2) is 48.7 Å². The van der Waals surface area contributed by atoms with Crippen LogP contribution in [0, 0.1) is 11.3 Å². The highest BCUT2D eigenvalue weighted by Crippen LogP contribution is 2.39. The maximum absolute atomic E-state index is 12.7. The average Bonchev–Trinajstić information content (AvgIpc) is 3.37. The number of carbonyl (C=O) groups is 1. The number of nitriles is 1. The van der Waals surface area contributed by atoms with Gasteiger partial charge in [0.25, 0.3) is 5.91 Å². The molecule has 0 saturated heterocycles. The fraction of sp³-hybridized carbons (Fsp3) is 0.238. The quantitative estimate of drug-likeness (QED) is 0.673. The Balaban J connectivity index is 1.57. The number of benzene rings is 1. The fourth-order valence-corrected chi connectivity index (χ4v) is 3.74. The zero-order valence-electron chi connectivity index (χ0n) is 14.7. The first-order valence-electron chi connectivity index (χ1n) is 9.00. The van der Waals surface area contributed by atoms with E-state index in [9.17, 15) is 4.79 Å². The molecular formula is C21H17N5O. The number of amides is 1. The van der Waals surface area contributed by atoms with Crippen molar-refractivity contribution in [1.82, 2.24) is 19.5 Å². The average molecular weight is 355 g/mol. The van der Waals surface area contributed by atoms with Crippen LogP contribution in [0.3, 0.4) is 0 Å². The van der Waals surface area contributed by atoms with Crippen molar-refractivity contribution in [3.63, 3.8) is 0 Å². The molecule has 0 bridgehead atoms. The first kappa shape index (κ1) is 15.8. The van der Waals surface area contributed by atoms with E-state index in [1.54, 1.807) is 4.90 Å². The molecule has 1 aromatic carbocycles. The van der Waals surface area contributed by atoms with Crippen LogP contribution in [0.25, 0.3) is 16.8 Å². The number of aromatic nitrogens is 3. The molecule has 1 fully saturated rings. The summed E-state index contributed by atoms with van der Waals surface area (Å²) in [5, 5.41) is 17.6. The lowest BCUT2D eigenvalue weighted by atomic mass is 9.98. The van der Waals surface area contributed by atoms with Gasteiger partial charge < -0.3 is 4.90 Å². The first-order chi connectivity index (χ1) is 13.2. The summed E-state index contributed by atoms with van der Waals surface area (Å²) in [7, 11) is 0. The summed E-state index contributed by atoms with van der Waals surface area (Å²) in [6.45, 7) is 4.45. The molecule has 2 aromatic heterocycles. The second-order valence-electron chi connectivity index (χ2n) is 7.19. The van der Waals surface area contributed by atoms with Crippen molar-refractivity contribution >= 4 is 11.6 Å². The molecule has 1 amide bonds. The summed E-state index contributed by atoms with van der Waals surface area (Å²) in [5.41, 5.74) is 4.99. The van der Waals surface area contributed by atoms with Crippen molar-refractivity contribution < 1.29 is 4.79 Å². The van der Waals surface area contributed by atoms with E-state index in [0.29, 0.717) is 23.6 Å². The summed E-state index contributed by atoms with van der Waals surface area (Å²) in [6, 6.07) is 11.8. The van der Waals surface area contributed by atoms with E-state index in [0.717, 1.165) is 41.0 Å². The minimum Gasteiger partial charge on any atom is -0.329 e. The minimum absolute atomic E-state index is 0.0488. The van der Waals surface area contributed by atoms with Gasteiger partial charge in [-0.2, -0.15) is 5.26 Å². The predicted octanol–water partition coefficient (Wildman–Crippen LogP) is 3.31. The predicted molar refractivity (Wildman–Crippen MR) is 99.9 cm³/mol. The van der Waals surface area contributed by atoms with Crippen molar-refractivity contribution in [3.8, 4) is 17.2 Å². The van der Waals surface area contributed by atoms with E-state index in [-0.39, 0.29) is 12.5 Å². The van der Waals surface area contributed by atoms with E-state index in [2.05, 4.69) is 27.4 Å². The Bertz CT molecular complexity index is 1150.